The van der Waals surface area contributed by atoms with E-state index in [4.69, 9.17) is 4.74 Å². The van der Waals surface area contributed by atoms with E-state index in [2.05, 4.69) is 31.8 Å². The topological polar surface area (TPSA) is 72.0 Å². The summed E-state index contributed by atoms with van der Waals surface area (Å²) in [6.07, 6.45) is 5.74. The highest BCUT2D eigenvalue weighted by molar-refractivity contribution is 7.99. The van der Waals surface area contributed by atoms with Crippen LogP contribution in [0.2, 0.25) is 0 Å². The summed E-state index contributed by atoms with van der Waals surface area (Å²) in [5, 5.41) is 7.05. The number of thioether (sulfide) groups is 1. The number of ether oxygens (including phenoxy) is 1. The largest absolute Gasteiger partial charge is 0.464 e. The Balaban J connectivity index is 2.04. The lowest BCUT2D eigenvalue weighted by Gasteiger charge is -2.13. The first kappa shape index (κ1) is 14.2. The summed E-state index contributed by atoms with van der Waals surface area (Å²) in [5.74, 6) is 1.12. The van der Waals surface area contributed by atoms with E-state index in [1.54, 1.807) is 7.05 Å². The highest BCUT2D eigenvalue weighted by Gasteiger charge is 2.24. The maximum Gasteiger partial charge on any atom is 0.323 e. The Morgan fingerprint density at radius 2 is 2.05 bits per heavy atom. The van der Waals surface area contributed by atoms with Crippen LogP contribution in [0.15, 0.2) is 0 Å². The van der Waals surface area contributed by atoms with Crippen LogP contribution >= 0.6 is 11.8 Å². The zero-order valence-corrected chi connectivity index (χ0v) is 12.5. The lowest BCUT2D eigenvalue weighted by atomic mass is 10.2. The van der Waals surface area contributed by atoms with Crippen LogP contribution in [-0.4, -0.2) is 46.2 Å². The fourth-order valence-corrected chi connectivity index (χ4v) is 2.99. The highest BCUT2D eigenvalue weighted by Crippen LogP contribution is 2.29. The van der Waals surface area contributed by atoms with E-state index >= 15 is 0 Å². The van der Waals surface area contributed by atoms with Crippen LogP contribution in [0.3, 0.4) is 0 Å². The first-order valence-electron chi connectivity index (χ1n) is 6.61. The first-order valence-corrected chi connectivity index (χ1v) is 7.90. The van der Waals surface area contributed by atoms with Gasteiger partial charge >= 0.3 is 6.01 Å². The molecule has 1 aliphatic carbocycles. The summed E-state index contributed by atoms with van der Waals surface area (Å²) < 4.78 is 5.35. The van der Waals surface area contributed by atoms with Gasteiger partial charge in [0.15, 0.2) is 0 Å². The van der Waals surface area contributed by atoms with E-state index in [0.717, 1.165) is 18.1 Å². The van der Waals surface area contributed by atoms with Crippen molar-refractivity contribution in [3.63, 3.8) is 0 Å². The van der Waals surface area contributed by atoms with Crippen molar-refractivity contribution in [2.75, 3.05) is 30.5 Å². The lowest BCUT2D eigenvalue weighted by molar-refractivity contribution is 0.312. The van der Waals surface area contributed by atoms with E-state index in [0.29, 0.717) is 30.6 Å². The summed E-state index contributed by atoms with van der Waals surface area (Å²) in [4.78, 5) is 12.7. The van der Waals surface area contributed by atoms with Gasteiger partial charge in [0.1, 0.15) is 0 Å². The molecule has 1 heterocycles. The van der Waals surface area contributed by atoms with Gasteiger partial charge in [0.25, 0.3) is 0 Å². The predicted octanol–water partition coefficient (Wildman–Crippen LogP) is 2.01. The summed E-state index contributed by atoms with van der Waals surface area (Å²) in [7, 11) is 1.79. The molecule has 106 valence electrons. The van der Waals surface area contributed by atoms with Gasteiger partial charge in [0, 0.05) is 18.3 Å². The number of nitrogens with one attached hydrogen (secondary N) is 2. The van der Waals surface area contributed by atoms with Crippen molar-refractivity contribution in [3.8, 4) is 6.01 Å². The summed E-state index contributed by atoms with van der Waals surface area (Å²) in [5.41, 5.74) is 0. The van der Waals surface area contributed by atoms with Crippen LogP contribution in [0, 0.1) is 0 Å². The molecule has 1 aliphatic rings. The molecule has 7 heteroatoms. The average molecular weight is 283 g/mol. The molecule has 2 rings (SSSR count). The number of anilines is 2. The van der Waals surface area contributed by atoms with Gasteiger partial charge in [-0.15, -0.1) is 0 Å². The van der Waals surface area contributed by atoms with Gasteiger partial charge in [0.05, 0.1) is 6.61 Å². The summed E-state index contributed by atoms with van der Waals surface area (Å²) in [6.45, 7) is 2.46. The first-order chi connectivity index (χ1) is 9.25. The van der Waals surface area contributed by atoms with E-state index in [1.807, 2.05) is 18.7 Å². The van der Waals surface area contributed by atoms with Crippen molar-refractivity contribution in [1.82, 2.24) is 15.0 Å². The molecule has 1 aromatic rings. The van der Waals surface area contributed by atoms with Crippen LogP contribution in [0.4, 0.5) is 11.9 Å². The minimum Gasteiger partial charge on any atom is -0.464 e. The minimum atomic E-state index is 0.365. The molecule has 0 bridgehead atoms. The molecular weight excluding hydrogens is 262 g/mol. The van der Waals surface area contributed by atoms with E-state index < -0.39 is 0 Å². The molecule has 1 aromatic heterocycles. The smallest absolute Gasteiger partial charge is 0.323 e. The maximum absolute atomic E-state index is 5.35. The zero-order chi connectivity index (χ0) is 13.7. The SMILES string of the molecule is CCOc1nc(NC)nc(NC2CCC(SC)C2)n1. The Bertz CT molecular complexity index is 417. The standard InChI is InChI=1S/C12H21N5OS/c1-4-18-12-16-10(13-2)15-11(17-12)14-8-5-6-9(7-8)19-3/h8-9H,4-7H2,1-3H3,(H2,13,14,15,16,17). The van der Waals surface area contributed by atoms with Crippen LogP contribution < -0.4 is 15.4 Å². The fourth-order valence-electron chi connectivity index (χ4n) is 2.19. The molecule has 2 atom stereocenters. The average Bonchev–Trinajstić information content (AvgIpc) is 2.86. The van der Waals surface area contributed by atoms with Crippen molar-refractivity contribution < 1.29 is 4.74 Å². The Labute approximate surface area is 118 Å². The second-order valence-electron chi connectivity index (χ2n) is 4.46. The monoisotopic (exact) mass is 283 g/mol. The second kappa shape index (κ2) is 6.79. The molecule has 2 unspecified atom stereocenters. The molecule has 0 amide bonds. The van der Waals surface area contributed by atoms with Crippen LogP contribution in [0.5, 0.6) is 6.01 Å². The molecular formula is C12H21N5OS. The van der Waals surface area contributed by atoms with Gasteiger partial charge in [-0.2, -0.15) is 26.7 Å². The van der Waals surface area contributed by atoms with Gasteiger partial charge in [-0.3, -0.25) is 0 Å². The molecule has 0 aliphatic heterocycles. The second-order valence-corrected chi connectivity index (χ2v) is 5.60. The molecule has 0 spiro atoms. The van der Waals surface area contributed by atoms with Crippen molar-refractivity contribution >= 4 is 23.7 Å². The van der Waals surface area contributed by atoms with E-state index in [1.165, 1.54) is 6.42 Å². The Hall–Kier alpha value is -1.24. The molecule has 0 radical (unpaired) electrons. The molecule has 0 saturated heterocycles. The minimum absolute atomic E-state index is 0.365. The number of aromatic nitrogens is 3. The van der Waals surface area contributed by atoms with Crippen molar-refractivity contribution in [2.24, 2.45) is 0 Å². The molecule has 1 fully saturated rings. The third kappa shape index (κ3) is 3.86. The van der Waals surface area contributed by atoms with E-state index in [9.17, 15) is 0 Å². The lowest BCUT2D eigenvalue weighted by Crippen LogP contribution is -2.19. The third-order valence-corrected chi connectivity index (χ3v) is 4.26. The van der Waals surface area contributed by atoms with Gasteiger partial charge in [-0.05, 0) is 32.4 Å². The quantitative estimate of drug-likeness (QED) is 0.827. The van der Waals surface area contributed by atoms with E-state index in [-0.39, 0.29) is 0 Å². The number of nitrogens with zero attached hydrogens (tertiary/aromatic N) is 3. The molecule has 19 heavy (non-hydrogen) atoms. The molecule has 2 N–H and O–H groups in total. The van der Waals surface area contributed by atoms with Gasteiger partial charge < -0.3 is 15.4 Å². The number of hydrogen-bond donors (Lipinski definition) is 2. The van der Waals surface area contributed by atoms with Crippen molar-refractivity contribution in [1.29, 1.82) is 0 Å². The Morgan fingerprint density at radius 3 is 2.68 bits per heavy atom. The highest BCUT2D eigenvalue weighted by atomic mass is 32.2. The van der Waals surface area contributed by atoms with Crippen LogP contribution in [0.25, 0.3) is 0 Å². The van der Waals surface area contributed by atoms with Crippen LogP contribution in [0.1, 0.15) is 26.2 Å². The maximum atomic E-state index is 5.35. The fraction of sp³-hybridized carbons (Fsp3) is 0.750. The summed E-state index contributed by atoms with van der Waals surface area (Å²) >= 11 is 1.94. The molecule has 6 nitrogen and oxygen atoms in total. The normalized spacial score (nSPS) is 22.3. The van der Waals surface area contributed by atoms with Gasteiger partial charge in [0.2, 0.25) is 11.9 Å². The third-order valence-electron chi connectivity index (χ3n) is 3.16. The van der Waals surface area contributed by atoms with Crippen LogP contribution in [-0.2, 0) is 0 Å². The Morgan fingerprint density at radius 1 is 1.26 bits per heavy atom. The molecule has 1 saturated carbocycles. The Kier molecular flexibility index (Phi) is 5.07. The number of hydrogen-bond acceptors (Lipinski definition) is 7. The van der Waals surface area contributed by atoms with Crippen molar-refractivity contribution in [3.05, 3.63) is 0 Å². The van der Waals surface area contributed by atoms with Gasteiger partial charge in [-0.25, -0.2) is 0 Å². The van der Waals surface area contributed by atoms with Gasteiger partial charge in [-0.1, -0.05) is 0 Å². The number of rotatable bonds is 6. The predicted molar refractivity (Wildman–Crippen MR) is 79.1 cm³/mol. The molecule has 0 aromatic carbocycles. The zero-order valence-electron chi connectivity index (χ0n) is 11.6. The van der Waals surface area contributed by atoms with Crippen molar-refractivity contribution in [2.45, 2.75) is 37.5 Å². The summed E-state index contributed by atoms with van der Waals surface area (Å²) in [6, 6.07) is 0.808.